The Kier molecular flexibility index (Phi) is 7.85. The molecule has 2 unspecified atom stereocenters. The average Bonchev–Trinajstić information content (AvgIpc) is 2.65. The number of carbonyl (C=O) groups excluding carboxylic acids is 1. The molecule has 0 aliphatic carbocycles. The van der Waals surface area contributed by atoms with Gasteiger partial charge in [-0.05, 0) is 48.2 Å². The third-order valence-electron chi connectivity index (χ3n) is 4.09. The Labute approximate surface area is 159 Å². The molecule has 0 aromatic heterocycles. The molecule has 0 radical (unpaired) electrons. The fraction of sp³-hybridized carbons (Fsp3) is 0.286. The Morgan fingerprint density at radius 2 is 1.96 bits per heavy atom. The van der Waals surface area contributed by atoms with E-state index >= 15 is 0 Å². The van der Waals surface area contributed by atoms with Crippen LogP contribution in [0.5, 0.6) is 0 Å². The first kappa shape index (κ1) is 20.2. The third kappa shape index (κ3) is 6.64. The monoisotopic (exact) mass is 372 g/mol. The highest BCUT2D eigenvalue weighted by Crippen LogP contribution is 2.17. The molecule has 138 valence electrons. The maximum atomic E-state index is 11.2. The van der Waals surface area contributed by atoms with Gasteiger partial charge in [-0.1, -0.05) is 48.0 Å². The van der Waals surface area contributed by atoms with Crippen LogP contribution in [-0.2, 0) is 11.2 Å². The lowest BCUT2D eigenvalue weighted by atomic mass is 10.0. The van der Waals surface area contributed by atoms with E-state index in [2.05, 4.69) is 29.7 Å². The molecular weight excluding hydrogens is 348 g/mol. The molecule has 2 atom stereocenters. The molecule has 0 saturated heterocycles. The fourth-order valence-corrected chi connectivity index (χ4v) is 2.79. The Hall–Kier alpha value is -2.14. The summed E-state index contributed by atoms with van der Waals surface area (Å²) in [6.45, 7) is 2.55. The normalized spacial score (nSPS) is 13.5. The molecular formula is C21H25ClN2O2. The van der Waals surface area contributed by atoms with Gasteiger partial charge in [0.15, 0.2) is 0 Å². The fourth-order valence-electron chi connectivity index (χ4n) is 2.59. The summed E-state index contributed by atoms with van der Waals surface area (Å²) >= 11 is 5.96. The standard InChI is InChI=1S/C21H25ClN2O2/c1-15(24-14-20(25)18-4-3-5-19(22)13-18)12-17-8-6-16(7-9-17)10-11-21(26)23-2/h3-11,13,15,20,24-25H,12,14H2,1-2H3,(H,23,26)/b11-10+. The highest BCUT2D eigenvalue weighted by atomic mass is 35.5. The predicted molar refractivity (Wildman–Crippen MR) is 107 cm³/mol. The van der Waals surface area contributed by atoms with E-state index in [9.17, 15) is 9.90 Å². The van der Waals surface area contributed by atoms with Crippen molar-refractivity contribution in [3.8, 4) is 0 Å². The van der Waals surface area contributed by atoms with Gasteiger partial charge >= 0.3 is 0 Å². The number of halogens is 1. The van der Waals surface area contributed by atoms with Gasteiger partial charge in [-0.2, -0.15) is 0 Å². The van der Waals surface area contributed by atoms with Crippen molar-refractivity contribution in [3.05, 3.63) is 76.3 Å². The van der Waals surface area contributed by atoms with Crippen LogP contribution in [-0.4, -0.2) is 30.6 Å². The first-order chi connectivity index (χ1) is 12.5. The summed E-state index contributed by atoms with van der Waals surface area (Å²) in [4.78, 5) is 11.2. The van der Waals surface area contributed by atoms with Crippen molar-refractivity contribution in [2.24, 2.45) is 0 Å². The van der Waals surface area contributed by atoms with Crippen LogP contribution in [0.25, 0.3) is 6.08 Å². The van der Waals surface area contributed by atoms with Gasteiger partial charge in [0, 0.05) is 30.7 Å². The molecule has 0 fully saturated rings. The van der Waals surface area contributed by atoms with Crippen LogP contribution in [0, 0.1) is 0 Å². The Morgan fingerprint density at radius 1 is 1.23 bits per heavy atom. The van der Waals surface area contributed by atoms with Crippen LogP contribution in [0.2, 0.25) is 5.02 Å². The smallest absolute Gasteiger partial charge is 0.243 e. The Morgan fingerprint density at radius 3 is 2.62 bits per heavy atom. The first-order valence-electron chi connectivity index (χ1n) is 8.63. The number of amides is 1. The molecule has 3 N–H and O–H groups in total. The van der Waals surface area contributed by atoms with Crippen LogP contribution >= 0.6 is 11.6 Å². The molecule has 4 nitrogen and oxygen atoms in total. The van der Waals surface area contributed by atoms with Crippen molar-refractivity contribution >= 4 is 23.6 Å². The van der Waals surface area contributed by atoms with Gasteiger partial charge < -0.3 is 15.7 Å². The van der Waals surface area contributed by atoms with Crippen LogP contribution < -0.4 is 10.6 Å². The lowest BCUT2D eigenvalue weighted by molar-refractivity contribution is -0.115. The summed E-state index contributed by atoms with van der Waals surface area (Å²) < 4.78 is 0. The number of aliphatic hydroxyl groups is 1. The van der Waals surface area contributed by atoms with Gasteiger partial charge in [-0.15, -0.1) is 0 Å². The summed E-state index contributed by atoms with van der Waals surface area (Å²) in [6.07, 6.45) is 3.55. The van der Waals surface area contributed by atoms with Crippen molar-refractivity contribution in [1.82, 2.24) is 10.6 Å². The van der Waals surface area contributed by atoms with Crippen LogP contribution in [0.4, 0.5) is 0 Å². The van der Waals surface area contributed by atoms with E-state index < -0.39 is 6.10 Å². The zero-order valence-corrected chi connectivity index (χ0v) is 15.8. The molecule has 1 amide bonds. The number of hydrogen-bond acceptors (Lipinski definition) is 3. The lowest BCUT2D eigenvalue weighted by Gasteiger charge is -2.18. The number of hydrogen-bond donors (Lipinski definition) is 3. The molecule has 0 saturated carbocycles. The molecule has 5 heteroatoms. The van der Waals surface area contributed by atoms with Gasteiger partial charge in [-0.3, -0.25) is 4.79 Å². The van der Waals surface area contributed by atoms with E-state index in [0.29, 0.717) is 11.6 Å². The summed E-state index contributed by atoms with van der Waals surface area (Å²) in [5.41, 5.74) is 2.98. The van der Waals surface area contributed by atoms with Crippen molar-refractivity contribution < 1.29 is 9.90 Å². The first-order valence-corrected chi connectivity index (χ1v) is 9.01. The number of benzene rings is 2. The predicted octanol–water partition coefficient (Wildman–Crippen LogP) is 3.35. The highest BCUT2D eigenvalue weighted by Gasteiger charge is 2.10. The van der Waals surface area contributed by atoms with Gasteiger partial charge in [0.2, 0.25) is 5.91 Å². The molecule has 0 bridgehead atoms. The molecule has 2 aromatic rings. The second kappa shape index (κ2) is 10.1. The minimum atomic E-state index is -0.589. The molecule has 2 rings (SSSR count). The Bertz CT molecular complexity index is 744. The molecule has 0 spiro atoms. The molecule has 26 heavy (non-hydrogen) atoms. The summed E-state index contributed by atoms with van der Waals surface area (Å²) in [7, 11) is 1.60. The van der Waals surface area contributed by atoms with Crippen LogP contribution in [0.1, 0.15) is 29.7 Å². The quantitative estimate of drug-likeness (QED) is 0.623. The van der Waals surface area contributed by atoms with E-state index in [-0.39, 0.29) is 11.9 Å². The van der Waals surface area contributed by atoms with Crippen molar-refractivity contribution in [2.75, 3.05) is 13.6 Å². The summed E-state index contributed by atoms with van der Waals surface area (Å²) in [6, 6.07) is 15.6. The largest absolute Gasteiger partial charge is 0.387 e. The number of aliphatic hydroxyl groups excluding tert-OH is 1. The molecule has 2 aromatic carbocycles. The van der Waals surface area contributed by atoms with Crippen molar-refractivity contribution in [1.29, 1.82) is 0 Å². The van der Waals surface area contributed by atoms with Crippen molar-refractivity contribution in [3.63, 3.8) is 0 Å². The summed E-state index contributed by atoms with van der Waals surface area (Å²) in [5, 5.41) is 16.8. The van der Waals surface area contributed by atoms with E-state index in [1.54, 1.807) is 25.3 Å². The Balaban J connectivity index is 1.82. The van der Waals surface area contributed by atoms with E-state index in [1.807, 2.05) is 24.3 Å². The second-order valence-electron chi connectivity index (χ2n) is 6.27. The topological polar surface area (TPSA) is 61.4 Å². The van der Waals surface area contributed by atoms with Gasteiger partial charge in [-0.25, -0.2) is 0 Å². The van der Waals surface area contributed by atoms with E-state index in [1.165, 1.54) is 11.6 Å². The lowest BCUT2D eigenvalue weighted by Crippen LogP contribution is -2.32. The number of nitrogens with one attached hydrogen (secondary N) is 2. The highest BCUT2D eigenvalue weighted by molar-refractivity contribution is 6.30. The van der Waals surface area contributed by atoms with E-state index in [0.717, 1.165) is 17.5 Å². The number of rotatable bonds is 8. The zero-order chi connectivity index (χ0) is 18.9. The van der Waals surface area contributed by atoms with Crippen LogP contribution in [0.15, 0.2) is 54.6 Å². The maximum absolute atomic E-state index is 11.2. The second-order valence-corrected chi connectivity index (χ2v) is 6.71. The SMILES string of the molecule is CNC(=O)/C=C/c1ccc(CC(C)NCC(O)c2cccc(Cl)c2)cc1. The van der Waals surface area contributed by atoms with Crippen LogP contribution in [0.3, 0.4) is 0 Å². The summed E-state index contributed by atoms with van der Waals surface area (Å²) in [5.74, 6) is -0.120. The molecule has 0 aliphatic heterocycles. The number of likely N-dealkylation sites (N-methyl/N-ethyl adjacent to an activating group) is 1. The average molecular weight is 373 g/mol. The molecule has 0 heterocycles. The minimum Gasteiger partial charge on any atom is -0.387 e. The number of carbonyl (C=O) groups is 1. The van der Waals surface area contributed by atoms with E-state index in [4.69, 9.17) is 11.6 Å². The maximum Gasteiger partial charge on any atom is 0.243 e. The van der Waals surface area contributed by atoms with Gasteiger partial charge in [0.05, 0.1) is 6.10 Å². The zero-order valence-electron chi connectivity index (χ0n) is 15.1. The van der Waals surface area contributed by atoms with Gasteiger partial charge in [0.25, 0.3) is 0 Å². The van der Waals surface area contributed by atoms with Gasteiger partial charge in [0.1, 0.15) is 0 Å². The minimum absolute atomic E-state index is 0.120. The van der Waals surface area contributed by atoms with Crippen molar-refractivity contribution in [2.45, 2.75) is 25.5 Å². The third-order valence-corrected chi connectivity index (χ3v) is 4.32. The molecule has 0 aliphatic rings.